The molecule has 0 amide bonds. The maximum Gasteiger partial charge on any atom is 0.119 e. The van der Waals surface area contributed by atoms with Gasteiger partial charge in [0.05, 0.1) is 6.07 Å². The molecule has 1 aromatic rings. The Labute approximate surface area is 128 Å². The number of nitrogens with zero attached hydrogens (tertiary/aromatic N) is 1. The Kier molecular flexibility index (Phi) is 5.77. The van der Waals surface area contributed by atoms with E-state index < -0.39 is 11.8 Å². The van der Waals surface area contributed by atoms with Crippen molar-refractivity contribution in [3.05, 3.63) is 29.8 Å². The lowest BCUT2D eigenvalue weighted by Crippen LogP contribution is -2.39. The zero-order chi connectivity index (χ0) is 16.1. The third kappa shape index (κ3) is 5.37. The molecule has 1 atom stereocenters. The lowest BCUT2D eigenvalue weighted by atomic mass is 9.84. The molecule has 0 fully saturated rings. The first-order valence-electron chi connectivity index (χ1n) is 7.34. The van der Waals surface area contributed by atoms with Crippen LogP contribution in [0.1, 0.15) is 39.7 Å². The Hall–Kier alpha value is -1.57. The number of aliphatic hydroxyl groups is 1. The molecule has 0 spiro atoms. The van der Waals surface area contributed by atoms with Crippen LogP contribution in [0.2, 0.25) is 0 Å². The van der Waals surface area contributed by atoms with Gasteiger partial charge in [0.25, 0.3) is 0 Å². The van der Waals surface area contributed by atoms with E-state index in [0.29, 0.717) is 0 Å². The average molecular weight is 289 g/mol. The quantitative estimate of drug-likeness (QED) is 0.675. The number of nitriles is 1. The molecule has 4 heteroatoms. The number of aliphatic hydroxyl groups excluding tert-OH is 1. The summed E-state index contributed by atoms with van der Waals surface area (Å²) in [6.45, 7) is 7.81. The maximum atomic E-state index is 9.91. The molecule has 0 bridgehead atoms. The van der Waals surface area contributed by atoms with Gasteiger partial charge >= 0.3 is 0 Å². The summed E-state index contributed by atoms with van der Waals surface area (Å²) in [5.41, 5.74) is 1.43. The molecule has 1 aromatic carbocycles. The van der Waals surface area contributed by atoms with Crippen LogP contribution in [0.25, 0.3) is 0 Å². The van der Waals surface area contributed by atoms with Gasteiger partial charge in [-0.1, -0.05) is 26.0 Å². The van der Waals surface area contributed by atoms with Crippen molar-refractivity contribution in [2.45, 2.75) is 52.3 Å². The first kappa shape index (κ1) is 17.5. The second kappa shape index (κ2) is 6.93. The van der Waals surface area contributed by atoms with E-state index in [4.69, 9.17) is 5.26 Å². The molecule has 0 aliphatic rings. The van der Waals surface area contributed by atoms with Crippen molar-refractivity contribution in [2.24, 2.45) is 5.41 Å². The highest BCUT2D eigenvalue weighted by Crippen LogP contribution is 2.26. The number of benzene rings is 1. The fourth-order valence-corrected chi connectivity index (χ4v) is 2.14. The molecule has 0 aromatic heterocycles. The summed E-state index contributed by atoms with van der Waals surface area (Å²) in [6, 6.07) is 10.3. The van der Waals surface area contributed by atoms with Gasteiger partial charge < -0.3 is 10.4 Å². The third-order valence-corrected chi connectivity index (χ3v) is 3.76. The molecule has 0 saturated heterocycles. The summed E-state index contributed by atoms with van der Waals surface area (Å²) in [5, 5.41) is 25.0. The smallest absolute Gasteiger partial charge is 0.119 e. The first-order valence-corrected chi connectivity index (χ1v) is 7.34. The Morgan fingerprint density at radius 2 is 1.76 bits per heavy atom. The van der Waals surface area contributed by atoms with Gasteiger partial charge in [-0.25, -0.2) is 0 Å². The summed E-state index contributed by atoms with van der Waals surface area (Å²) >= 11 is 0. The topological polar surface area (TPSA) is 68.1 Å². The highest BCUT2D eigenvalue weighted by atomic mass is 16.3. The average Bonchev–Trinajstić information content (AvgIpc) is 2.45. The van der Waals surface area contributed by atoms with E-state index in [9.17, 15) is 5.11 Å². The predicted molar refractivity (Wildman–Crippen MR) is 86.9 cm³/mol. The minimum atomic E-state index is -0.569. The van der Waals surface area contributed by atoms with E-state index in [1.807, 2.05) is 26.0 Å². The zero-order valence-corrected chi connectivity index (χ0v) is 13.7. The van der Waals surface area contributed by atoms with Crippen molar-refractivity contribution in [1.82, 2.24) is 5.32 Å². The van der Waals surface area contributed by atoms with E-state index in [1.165, 1.54) is 5.56 Å². The van der Waals surface area contributed by atoms with Crippen LogP contribution in [0, 0.1) is 16.7 Å². The van der Waals surface area contributed by atoms with Gasteiger partial charge in [0, 0.05) is 11.1 Å². The SMILES string of the molecule is CN[C@@H](O)C(C)(C)CCc1ccc(NC(C)(C)C#N)cc1. The molecule has 4 nitrogen and oxygen atoms in total. The summed E-state index contributed by atoms with van der Waals surface area (Å²) in [6.07, 6.45) is 1.30. The Morgan fingerprint density at radius 1 is 1.19 bits per heavy atom. The van der Waals surface area contributed by atoms with Crippen LogP contribution in [-0.4, -0.2) is 23.9 Å². The summed E-state index contributed by atoms with van der Waals surface area (Å²) in [4.78, 5) is 0. The molecule has 3 N–H and O–H groups in total. The summed E-state index contributed by atoms with van der Waals surface area (Å²) in [7, 11) is 1.77. The number of hydrogen-bond donors (Lipinski definition) is 3. The number of hydrogen-bond acceptors (Lipinski definition) is 4. The van der Waals surface area contributed by atoms with Gasteiger partial charge in [0.15, 0.2) is 0 Å². The van der Waals surface area contributed by atoms with Gasteiger partial charge in [0.2, 0.25) is 0 Å². The van der Waals surface area contributed by atoms with Crippen LogP contribution < -0.4 is 10.6 Å². The molecular formula is C17H27N3O. The van der Waals surface area contributed by atoms with E-state index in [1.54, 1.807) is 7.05 Å². The number of nitrogens with one attached hydrogen (secondary N) is 2. The van der Waals surface area contributed by atoms with Crippen LogP contribution in [-0.2, 0) is 6.42 Å². The first-order chi connectivity index (χ1) is 9.70. The zero-order valence-electron chi connectivity index (χ0n) is 13.7. The van der Waals surface area contributed by atoms with Crippen LogP contribution in [0.15, 0.2) is 24.3 Å². The molecule has 0 radical (unpaired) electrons. The van der Waals surface area contributed by atoms with Gasteiger partial charge in [-0.3, -0.25) is 5.32 Å². The molecule has 0 aliphatic heterocycles. The molecule has 116 valence electrons. The molecule has 0 aliphatic carbocycles. The van der Waals surface area contributed by atoms with Crippen molar-refractivity contribution in [3.63, 3.8) is 0 Å². The minimum Gasteiger partial charge on any atom is -0.378 e. The van der Waals surface area contributed by atoms with Crippen LogP contribution in [0.3, 0.4) is 0 Å². The van der Waals surface area contributed by atoms with E-state index in [2.05, 4.69) is 42.7 Å². The fraction of sp³-hybridized carbons (Fsp3) is 0.588. The largest absolute Gasteiger partial charge is 0.378 e. The van der Waals surface area contributed by atoms with E-state index in [0.717, 1.165) is 18.5 Å². The number of rotatable bonds is 7. The normalized spacial score (nSPS) is 13.6. The lowest BCUT2D eigenvalue weighted by Gasteiger charge is -2.30. The lowest BCUT2D eigenvalue weighted by molar-refractivity contribution is 0.0227. The van der Waals surface area contributed by atoms with E-state index >= 15 is 0 Å². The molecular weight excluding hydrogens is 262 g/mol. The van der Waals surface area contributed by atoms with Crippen LogP contribution >= 0.6 is 0 Å². The van der Waals surface area contributed by atoms with Crippen molar-refractivity contribution in [2.75, 3.05) is 12.4 Å². The minimum absolute atomic E-state index is 0.172. The molecule has 0 heterocycles. The maximum absolute atomic E-state index is 9.91. The molecule has 0 unspecified atom stereocenters. The fourth-order valence-electron chi connectivity index (χ4n) is 2.14. The summed E-state index contributed by atoms with van der Waals surface area (Å²) in [5.74, 6) is 0. The van der Waals surface area contributed by atoms with Crippen LogP contribution in [0.5, 0.6) is 0 Å². The van der Waals surface area contributed by atoms with Gasteiger partial charge in [-0.2, -0.15) is 5.26 Å². The molecule has 0 saturated carbocycles. The molecule has 21 heavy (non-hydrogen) atoms. The van der Waals surface area contributed by atoms with Crippen molar-refractivity contribution < 1.29 is 5.11 Å². The standard InChI is InChI=1S/C17H27N3O/c1-16(2,15(21)19-5)11-10-13-6-8-14(9-7-13)20-17(3,4)12-18/h6-9,15,19-21H,10-11H2,1-5H3/t15-/m0/s1. The Balaban J connectivity index is 2.62. The summed E-state index contributed by atoms with van der Waals surface area (Å²) < 4.78 is 0. The monoisotopic (exact) mass is 289 g/mol. The predicted octanol–water partition coefficient (Wildman–Crippen LogP) is 2.90. The number of anilines is 1. The molecule has 1 rings (SSSR count). The Morgan fingerprint density at radius 3 is 2.24 bits per heavy atom. The van der Waals surface area contributed by atoms with Crippen molar-refractivity contribution in [1.29, 1.82) is 5.26 Å². The Bertz CT molecular complexity index is 486. The number of aryl methyl sites for hydroxylation is 1. The van der Waals surface area contributed by atoms with Gasteiger partial charge in [-0.05, 0) is 51.4 Å². The second-order valence-corrected chi connectivity index (χ2v) is 6.74. The van der Waals surface area contributed by atoms with Crippen molar-refractivity contribution in [3.8, 4) is 6.07 Å². The second-order valence-electron chi connectivity index (χ2n) is 6.74. The van der Waals surface area contributed by atoms with Crippen LogP contribution in [0.4, 0.5) is 5.69 Å². The van der Waals surface area contributed by atoms with Gasteiger partial charge in [0.1, 0.15) is 11.8 Å². The van der Waals surface area contributed by atoms with Crippen molar-refractivity contribution >= 4 is 5.69 Å². The van der Waals surface area contributed by atoms with Gasteiger partial charge in [-0.15, -0.1) is 0 Å². The van der Waals surface area contributed by atoms with E-state index in [-0.39, 0.29) is 5.41 Å². The third-order valence-electron chi connectivity index (χ3n) is 3.76. The highest BCUT2D eigenvalue weighted by Gasteiger charge is 2.26. The highest BCUT2D eigenvalue weighted by molar-refractivity contribution is 5.48.